The smallest absolute Gasteiger partial charge is 0.298 e. The number of anilines is 1. The summed E-state index contributed by atoms with van der Waals surface area (Å²) in [7, 11) is 0. The third-order valence-corrected chi connectivity index (χ3v) is 6.53. The molecule has 5 rings (SSSR count). The van der Waals surface area contributed by atoms with Gasteiger partial charge in [0.15, 0.2) is 11.2 Å². The van der Waals surface area contributed by atoms with Gasteiger partial charge in [0.05, 0.1) is 5.52 Å². The van der Waals surface area contributed by atoms with Crippen LogP contribution in [0.4, 0.5) is 6.01 Å². The number of aromatic nitrogens is 2. The number of benzene rings is 2. The molecule has 2 aromatic heterocycles. The van der Waals surface area contributed by atoms with Crippen molar-refractivity contribution in [2.75, 3.05) is 24.5 Å². The van der Waals surface area contributed by atoms with Crippen molar-refractivity contribution in [3.8, 4) is 0 Å². The highest BCUT2D eigenvalue weighted by Crippen LogP contribution is 2.30. The van der Waals surface area contributed by atoms with E-state index >= 15 is 0 Å². The first-order chi connectivity index (χ1) is 15.9. The summed E-state index contributed by atoms with van der Waals surface area (Å²) < 4.78 is 11.4. The maximum Gasteiger partial charge on any atom is 0.298 e. The van der Waals surface area contributed by atoms with Gasteiger partial charge in [0, 0.05) is 35.7 Å². The Hall–Kier alpha value is -2.06. The molecule has 1 saturated heterocycles. The molecule has 2 N–H and O–H groups in total. The van der Waals surface area contributed by atoms with Crippen LogP contribution in [0.1, 0.15) is 38.3 Å². The van der Waals surface area contributed by atoms with Crippen LogP contribution >= 0.6 is 35.4 Å². The average molecular weight is 507 g/mol. The molecule has 176 valence electrons. The second kappa shape index (κ2) is 10.5. The van der Waals surface area contributed by atoms with Gasteiger partial charge in [0.1, 0.15) is 5.52 Å². The van der Waals surface area contributed by atoms with Gasteiger partial charge in [-0.2, -0.15) is 4.98 Å². The number of piperazine rings is 1. The molecule has 1 aliphatic rings. The number of rotatable bonds is 4. The fourth-order valence-corrected chi connectivity index (χ4v) is 4.84. The minimum atomic E-state index is 0.395. The first kappa shape index (κ1) is 24.1. The summed E-state index contributed by atoms with van der Waals surface area (Å²) in [4.78, 5) is 10.3. The summed E-state index contributed by atoms with van der Waals surface area (Å²) in [6.07, 6.45) is 2.85. The Bertz CT molecular complexity index is 1310. The normalized spacial score (nSPS) is 16.3. The first-order valence-corrected chi connectivity index (χ1v) is 12.5. The molecule has 1 atom stereocenters. The van der Waals surface area contributed by atoms with Crippen molar-refractivity contribution in [3.05, 3.63) is 50.3 Å². The molecule has 9 heteroatoms. The quantitative estimate of drug-likeness (QED) is 0.292. The van der Waals surface area contributed by atoms with E-state index in [4.69, 9.17) is 44.3 Å². The summed E-state index contributed by atoms with van der Waals surface area (Å²) in [5.74, 6) is 0. The number of aryl methyl sites for hydroxylation is 2. The van der Waals surface area contributed by atoms with E-state index in [1.165, 1.54) is 0 Å². The number of halogens is 2. The third-order valence-electron chi connectivity index (χ3n) is 5.91. The molecule has 0 saturated carbocycles. The number of fused-ring (bicyclic) bond motifs is 2. The van der Waals surface area contributed by atoms with E-state index in [0.717, 1.165) is 83.3 Å². The minimum Gasteiger partial charge on any atom is -0.429 e. The largest absolute Gasteiger partial charge is 0.429 e. The molecule has 0 aliphatic carbocycles. The van der Waals surface area contributed by atoms with Gasteiger partial charge in [-0.25, -0.2) is 0 Å². The number of hydrogen-bond acceptors (Lipinski definition) is 6. The number of hydrogen-bond donors (Lipinski definition) is 2. The highest BCUT2D eigenvalue weighted by Gasteiger charge is 2.25. The summed E-state index contributed by atoms with van der Waals surface area (Å²) >= 11 is 17.0. The molecule has 2 aromatic carbocycles. The van der Waals surface area contributed by atoms with Gasteiger partial charge >= 0.3 is 0 Å². The molecule has 1 aliphatic heterocycles. The highest BCUT2D eigenvalue weighted by atomic mass is 35.5. The van der Waals surface area contributed by atoms with Gasteiger partial charge in [-0.3, -0.25) is 0 Å². The summed E-state index contributed by atoms with van der Waals surface area (Å²) in [6.45, 7) is 9.24. The highest BCUT2D eigenvalue weighted by molar-refractivity contribution is 7.71. The van der Waals surface area contributed by atoms with E-state index in [1.807, 2.05) is 24.3 Å². The van der Waals surface area contributed by atoms with Gasteiger partial charge in [-0.05, 0) is 66.9 Å². The van der Waals surface area contributed by atoms with Crippen LogP contribution in [0.25, 0.3) is 22.2 Å². The van der Waals surface area contributed by atoms with Gasteiger partial charge in [0.2, 0.25) is 0 Å². The zero-order chi connectivity index (χ0) is 23.5. The van der Waals surface area contributed by atoms with Crippen LogP contribution < -0.4 is 10.2 Å². The molecular formula is C24H28Cl2N4O2S. The molecule has 6 nitrogen and oxygen atoms in total. The van der Waals surface area contributed by atoms with Gasteiger partial charge < -0.3 is 24.0 Å². The zero-order valence-electron chi connectivity index (χ0n) is 19.0. The topological polar surface area (TPSA) is 70.2 Å². The Morgan fingerprint density at radius 2 is 1.73 bits per heavy atom. The second-order valence-electron chi connectivity index (χ2n) is 8.03. The first-order valence-electron chi connectivity index (χ1n) is 11.3. The van der Waals surface area contributed by atoms with Gasteiger partial charge in [-0.1, -0.05) is 44.0 Å². The van der Waals surface area contributed by atoms with Gasteiger partial charge in [-0.15, -0.1) is 0 Å². The van der Waals surface area contributed by atoms with Crippen molar-refractivity contribution in [1.82, 2.24) is 15.3 Å². The summed E-state index contributed by atoms with van der Waals surface area (Å²) in [6, 6.07) is 8.73. The maximum absolute atomic E-state index is 6.15. The Labute approximate surface area is 208 Å². The Balaban J connectivity index is 0.000000172. The molecule has 0 bridgehead atoms. The van der Waals surface area contributed by atoms with Crippen LogP contribution in [0, 0.1) is 4.84 Å². The van der Waals surface area contributed by atoms with Crippen LogP contribution in [0.15, 0.2) is 33.1 Å². The van der Waals surface area contributed by atoms with Crippen molar-refractivity contribution >= 4 is 63.6 Å². The molecule has 1 fully saturated rings. The second-order valence-corrected chi connectivity index (χ2v) is 9.28. The number of aromatic amines is 1. The lowest BCUT2D eigenvalue weighted by atomic mass is 10.1. The van der Waals surface area contributed by atoms with Gasteiger partial charge in [0.25, 0.3) is 10.9 Å². The number of nitrogens with one attached hydrogen (secondary N) is 2. The molecule has 33 heavy (non-hydrogen) atoms. The van der Waals surface area contributed by atoms with E-state index < -0.39 is 0 Å². The SMILES string of the molecule is CCc1cc(Cl)cc2[nH]c(=S)oc12.CCc1cc(Cl)cc2nc(N3CCNC[C@@H]3CC)oc12. The van der Waals surface area contributed by atoms with E-state index in [1.54, 1.807) is 0 Å². The molecule has 4 aromatic rings. The molecule has 0 amide bonds. The lowest BCUT2D eigenvalue weighted by Crippen LogP contribution is -2.51. The predicted octanol–water partition coefficient (Wildman–Crippen LogP) is 6.94. The van der Waals surface area contributed by atoms with E-state index in [2.05, 4.69) is 41.0 Å². The lowest BCUT2D eigenvalue weighted by Gasteiger charge is -2.34. The Morgan fingerprint density at radius 1 is 1.03 bits per heavy atom. The van der Waals surface area contributed by atoms with Crippen molar-refractivity contribution < 1.29 is 8.83 Å². The minimum absolute atomic E-state index is 0.395. The van der Waals surface area contributed by atoms with Crippen molar-refractivity contribution in [3.63, 3.8) is 0 Å². The summed E-state index contributed by atoms with van der Waals surface area (Å²) in [5, 5.41) is 4.85. The Kier molecular flexibility index (Phi) is 7.64. The molecule has 0 spiro atoms. The number of oxazole rings is 2. The lowest BCUT2D eigenvalue weighted by molar-refractivity contribution is 0.430. The number of H-pyrrole nitrogens is 1. The van der Waals surface area contributed by atoms with E-state index in [9.17, 15) is 0 Å². The molecule has 0 radical (unpaired) electrons. The third kappa shape index (κ3) is 5.22. The molecule has 0 unspecified atom stereocenters. The fraction of sp³-hybridized carbons (Fsp3) is 0.417. The number of nitrogens with zero attached hydrogens (tertiary/aromatic N) is 2. The van der Waals surface area contributed by atoms with Crippen LogP contribution in [0.5, 0.6) is 0 Å². The monoisotopic (exact) mass is 506 g/mol. The average Bonchev–Trinajstić information content (AvgIpc) is 3.40. The van der Waals surface area contributed by atoms with Crippen LogP contribution in [-0.2, 0) is 12.8 Å². The summed E-state index contributed by atoms with van der Waals surface area (Å²) in [5.41, 5.74) is 5.62. The zero-order valence-corrected chi connectivity index (χ0v) is 21.3. The van der Waals surface area contributed by atoms with Crippen molar-refractivity contribution in [1.29, 1.82) is 0 Å². The van der Waals surface area contributed by atoms with E-state index in [-0.39, 0.29) is 0 Å². The van der Waals surface area contributed by atoms with Crippen molar-refractivity contribution in [2.45, 2.75) is 46.1 Å². The van der Waals surface area contributed by atoms with Crippen LogP contribution in [-0.4, -0.2) is 35.6 Å². The fourth-order valence-electron chi connectivity index (χ4n) is 4.17. The molecule has 3 heterocycles. The maximum atomic E-state index is 6.15. The Morgan fingerprint density at radius 3 is 2.42 bits per heavy atom. The van der Waals surface area contributed by atoms with Crippen molar-refractivity contribution in [2.24, 2.45) is 0 Å². The molecular weight excluding hydrogens is 479 g/mol. The predicted molar refractivity (Wildman–Crippen MR) is 138 cm³/mol. The standard InChI is InChI=1S/C15H20ClN3O.C9H8ClNOS/c1-3-10-7-11(16)8-13-14(10)20-15(18-13)19-6-5-17-9-12(19)4-2;1-2-5-3-6(10)4-7-8(5)12-9(13)11-7/h7-8,12,17H,3-6,9H2,1-2H3;3-4H,2H2,1H3,(H,11,13)/t12-;/m0./s1. The van der Waals surface area contributed by atoms with Crippen LogP contribution in [0.3, 0.4) is 0 Å². The van der Waals surface area contributed by atoms with E-state index in [0.29, 0.717) is 15.9 Å². The van der Waals surface area contributed by atoms with Crippen LogP contribution in [0.2, 0.25) is 10.0 Å².